The fourth-order valence-corrected chi connectivity index (χ4v) is 1.18. The average Bonchev–Trinajstić information content (AvgIpc) is 2.14. The van der Waals surface area contributed by atoms with E-state index in [1.54, 1.807) is 6.92 Å². The molecule has 3 N–H and O–H groups in total. The molecule has 76 valence electrons. The van der Waals surface area contributed by atoms with Crippen LogP contribution < -0.4 is 5.73 Å². The molecule has 14 heavy (non-hydrogen) atoms. The van der Waals surface area contributed by atoms with Gasteiger partial charge < -0.3 is 10.8 Å². The third-order valence-corrected chi connectivity index (χ3v) is 2.06. The number of nitrogens with zero attached hydrogens (tertiary/aromatic N) is 1. The van der Waals surface area contributed by atoms with Crippen molar-refractivity contribution in [2.45, 2.75) is 19.0 Å². The number of β-lactam (4-membered cyclic amide) rings is 1. The molecule has 0 aromatic carbocycles. The van der Waals surface area contributed by atoms with Gasteiger partial charge in [0.15, 0.2) is 0 Å². The summed E-state index contributed by atoms with van der Waals surface area (Å²) in [4.78, 5) is 33.3. The number of carbonyl (C=O) groups is 3. The minimum absolute atomic E-state index is 0.367. The first-order valence-electron chi connectivity index (χ1n) is 3.98. The molecule has 0 aliphatic carbocycles. The highest BCUT2D eigenvalue weighted by atomic mass is 16.4. The average molecular weight is 198 g/mol. The summed E-state index contributed by atoms with van der Waals surface area (Å²) in [5, 5.41) is 8.25. The highest BCUT2D eigenvalue weighted by molar-refractivity contribution is 6.08. The first kappa shape index (κ1) is 10.4. The van der Waals surface area contributed by atoms with Gasteiger partial charge in [0.25, 0.3) is 5.91 Å². The summed E-state index contributed by atoms with van der Waals surface area (Å²) in [5.41, 5.74) is 5.37. The van der Waals surface area contributed by atoms with Crippen molar-refractivity contribution in [1.29, 1.82) is 0 Å². The number of rotatable bonds is 2. The van der Waals surface area contributed by atoms with Crippen LogP contribution in [0.4, 0.5) is 0 Å². The third kappa shape index (κ3) is 1.64. The molecule has 1 aliphatic rings. The second-order valence-corrected chi connectivity index (χ2v) is 2.98. The van der Waals surface area contributed by atoms with Crippen molar-refractivity contribution in [1.82, 2.24) is 4.90 Å². The molecule has 1 heterocycles. The molecule has 1 saturated heterocycles. The summed E-state index contributed by atoms with van der Waals surface area (Å²) < 4.78 is 0. The number of aliphatic carboxylic acids is 1. The van der Waals surface area contributed by atoms with Crippen LogP contribution in [-0.2, 0) is 14.4 Å². The standard InChI is InChI=1S/C8H10N2O4/c1-4-7(9)8(14)10(4)5(11)2-3-6(12)13/h2-4,7H,9H2,1H3,(H,12,13)/t4-,7+/m1/s1. The second kappa shape index (κ2) is 3.59. The summed E-state index contributed by atoms with van der Waals surface area (Å²) in [6.07, 6.45) is 1.52. The highest BCUT2D eigenvalue weighted by Gasteiger charge is 2.44. The van der Waals surface area contributed by atoms with Crippen molar-refractivity contribution in [3.05, 3.63) is 12.2 Å². The lowest BCUT2D eigenvalue weighted by molar-refractivity contribution is -0.157. The minimum atomic E-state index is -1.23. The molecule has 0 unspecified atom stereocenters. The number of hydrogen-bond acceptors (Lipinski definition) is 4. The lowest BCUT2D eigenvalue weighted by atomic mass is 9.98. The van der Waals surface area contributed by atoms with E-state index in [1.165, 1.54) is 0 Å². The van der Waals surface area contributed by atoms with Crippen molar-refractivity contribution in [2.75, 3.05) is 0 Å². The van der Waals surface area contributed by atoms with Gasteiger partial charge in [-0.15, -0.1) is 0 Å². The number of amides is 2. The maximum absolute atomic E-state index is 11.2. The summed E-state index contributed by atoms with van der Waals surface area (Å²) in [6, 6.07) is -1.02. The molecule has 0 aromatic rings. The SMILES string of the molecule is C[C@@H]1[C@H](N)C(=O)N1C(=O)C=CC(=O)O. The largest absolute Gasteiger partial charge is 0.478 e. The molecule has 0 saturated carbocycles. The number of imide groups is 1. The maximum atomic E-state index is 11.2. The Balaban J connectivity index is 2.64. The number of carbonyl (C=O) groups excluding carboxylic acids is 2. The van der Waals surface area contributed by atoms with Crippen LogP contribution in [0.3, 0.4) is 0 Å². The quantitative estimate of drug-likeness (QED) is 0.424. The zero-order valence-electron chi connectivity index (χ0n) is 7.51. The van der Waals surface area contributed by atoms with Crippen LogP contribution in [-0.4, -0.2) is 39.9 Å². The minimum Gasteiger partial charge on any atom is -0.478 e. The van der Waals surface area contributed by atoms with Gasteiger partial charge in [-0.3, -0.25) is 14.5 Å². The Morgan fingerprint density at radius 1 is 1.50 bits per heavy atom. The van der Waals surface area contributed by atoms with E-state index >= 15 is 0 Å². The Morgan fingerprint density at radius 3 is 2.50 bits per heavy atom. The maximum Gasteiger partial charge on any atom is 0.328 e. The predicted molar refractivity (Wildman–Crippen MR) is 46.1 cm³/mol. The summed E-state index contributed by atoms with van der Waals surface area (Å²) in [5.74, 6) is -2.35. The van der Waals surface area contributed by atoms with Crippen molar-refractivity contribution in [3.63, 3.8) is 0 Å². The van der Waals surface area contributed by atoms with Crippen LogP contribution in [0.1, 0.15) is 6.92 Å². The second-order valence-electron chi connectivity index (χ2n) is 2.98. The van der Waals surface area contributed by atoms with Crippen molar-refractivity contribution >= 4 is 17.8 Å². The molecule has 0 spiro atoms. The van der Waals surface area contributed by atoms with Gasteiger partial charge in [-0.1, -0.05) is 0 Å². The zero-order valence-corrected chi connectivity index (χ0v) is 7.51. The van der Waals surface area contributed by atoms with E-state index in [0.29, 0.717) is 6.08 Å². The molecule has 6 heteroatoms. The monoisotopic (exact) mass is 198 g/mol. The number of likely N-dealkylation sites (tertiary alicyclic amines) is 1. The molecule has 0 aromatic heterocycles. The van der Waals surface area contributed by atoms with Gasteiger partial charge in [0.1, 0.15) is 6.04 Å². The summed E-state index contributed by atoms with van der Waals surface area (Å²) in [6.45, 7) is 1.62. The van der Waals surface area contributed by atoms with E-state index in [9.17, 15) is 14.4 Å². The molecule has 1 rings (SSSR count). The molecular formula is C8H10N2O4. The molecule has 2 amide bonds. The van der Waals surface area contributed by atoms with Gasteiger partial charge in [0.2, 0.25) is 5.91 Å². The predicted octanol–water partition coefficient (Wildman–Crippen LogP) is -1.29. The smallest absolute Gasteiger partial charge is 0.328 e. The van der Waals surface area contributed by atoms with Gasteiger partial charge in [0, 0.05) is 12.2 Å². The molecular weight excluding hydrogens is 188 g/mol. The van der Waals surface area contributed by atoms with Gasteiger partial charge in [0.05, 0.1) is 6.04 Å². The lowest BCUT2D eigenvalue weighted by Crippen LogP contribution is -2.68. The van der Waals surface area contributed by atoms with Crippen molar-refractivity contribution < 1.29 is 19.5 Å². The van der Waals surface area contributed by atoms with Crippen LogP contribution in [0.15, 0.2) is 12.2 Å². The van der Waals surface area contributed by atoms with Gasteiger partial charge in [-0.25, -0.2) is 4.79 Å². The third-order valence-electron chi connectivity index (χ3n) is 2.06. The Kier molecular flexibility index (Phi) is 2.66. The van der Waals surface area contributed by atoms with E-state index in [0.717, 1.165) is 11.0 Å². The molecule has 1 aliphatic heterocycles. The van der Waals surface area contributed by atoms with Crippen LogP contribution >= 0.6 is 0 Å². The fraction of sp³-hybridized carbons (Fsp3) is 0.375. The normalized spacial score (nSPS) is 26.4. The number of nitrogens with two attached hydrogens (primary N) is 1. The fourth-order valence-electron chi connectivity index (χ4n) is 1.18. The number of carboxylic acid groups (broad SMARTS) is 1. The van der Waals surface area contributed by atoms with Crippen LogP contribution in [0, 0.1) is 0 Å². The van der Waals surface area contributed by atoms with Gasteiger partial charge in [-0.2, -0.15) is 0 Å². The van der Waals surface area contributed by atoms with E-state index in [2.05, 4.69) is 0 Å². The topological polar surface area (TPSA) is 101 Å². The van der Waals surface area contributed by atoms with Crippen LogP contribution in [0.2, 0.25) is 0 Å². The first-order chi connectivity index (χ1) is 6.45. The molecule has 2 atom stereocenters. The van der Waals surface area contributed by atoms with E-state index in [4.69, 9.17) is 10.8 Å². The first-order valence-corrected chi connectivity index (χ1v) is 3.98. The zero-order chi connectivity index (χ0) is 10.9. The van der Waals surface area contributed by atoms with Gasteiger partial charge >= 0.3 is 5.97 Å². The van der Waals surface area contributed by atoms with E-state index < -0.39 is 23.8 Å². The van der Waals surface area contributed by atoms with Crippen LogP contribution in [0.25, 0.3) is 0 Å². The van der Waals surface area contributed by atoms with Crippen molar-refractivity contribution in [3.8, 4) is 0 Å². The van der Waals surface area contributed by atoms with Crippen LogP contribution in [0.5, 0.6) is 0 Å². The molecule has 0 radical (unpaired) electrons. The highest BCUT2D eigenvalue weighted by Crippen LogP contribution is 2.17. The Labute approximate surface area is 80.0 Å². The van der Waals surface area contributed by atoms with Crippen molar-refractivity contribution in [2.24, 2.45) is 5.73 Å². The van der Waals surface area contributed by atoms with Gasteiger partial charge in [-0.05, 0) is 6.92 Å². The Hall–Kier alpha value is -1.69. The summed E-state index contributed by atoms with van der Waals surface area (Å²) in [7, 11) is 0. The van der Waals surface area contributed by atoms with E-state index in [1.807, 2.05) is 0 Å². The number of hydrogen-bond donors (Lipinski definition) is 2. The van der Waals surface area contributed by atoms with E-state index in [-0.39, 0.29) is 6.04 Å². The Bertz CT molecular complexity index is 323. The summed E-state index contributed by atoms with van der Waals surface area (Å²) >= 11 is 0. The Morgan fingerprint density at radius 2 is 2.07 bits per heavy atom. The number of carboxylic acids is 1. The molecule has 6 nitrogen and oxygen atoms in total. The lowest BCUT2D eigenvalue weighted by Gasteiger charge is -2.40. The molecule has 0 bridgehead atoms. The molecule has 1 fully saturated rings.